The van der Waals surface area contributed by atoms with Crippen molar-refractivity contribution in [2.75, 3.05) is 19.0 Å². The van der Waals surface area contributed by atoms with Crippen LogP contribution < -0.4 is 14.4 Å². The fourth-order valence-corrected chi connectivity index (χ4v) is 3.06. The van der Waals surface area contributed by atoms with Crippen molar-refractivity contribution in [1.29, 1.82) is 0 Å². The zero-order valence-electron chi connectivity index (χ0n) is 18.3. The highest BCUT2D eigenvalue weighted by atomic mass is 16.5. The summed E-state index contributed by atoms with van der Waals surface area (Å²) in [5.74, 6) is 2.06. The normalized spacial score (nSPS) is 15.6. The van der Waals surface area contributed by atoms with Gasteiger partial charge in [0.1, 0.15) is 11.5 Å². The van der Waals surface area contributed by atoms with Gasteiger partial charge in [-0.2, -0.15) is 0 Å². The van der Waals surface area contributed by atoms with E-state index in [1.807, 2.05) is 58.3 Å². The third-order valence-corrected chi connectivity index (χ3v) is 4.85. The molecule has 0 atom stereocenters. The largest absolute Gasteiger partial charge is 0.490 e. The molecule has 4 rings (SSSR count). The first-order valence-electron chi connectivity index (χ1n) is 10.8. The first-order valence-corrected chi connectivity index (χ1v) is 10.8. The summed E-state index contributed by atoms with van der Waals surface area (Å²) in [7, 11) is 4.09. The van der Waals surface area contributed by atoms with Gasteiger partial charge in [-0.1, -0.05) is 38.1 Å². The second kappa shape index (κ2) is 11.6. The number of hydrogen-bond donors (Lipinski definition) is 0. The van der Waals surface area contributed by atoms with Crippen LogP contribution >= 0.6 is 0 Å². The number of rotatable bonds is 5. The van der Waals surface area contributed by atoms with E-state index >= 15 is 0 Å². The number of nitrogens with zero attached hydrogens (tertiary/aromatic N) is 1. The summed E-state index contributed by atoms with van der Waals surface area (Å²) in [6.07, 6.45) is 8.51. The topological polar surface area (TPSA) is 21.7 Å². The Labute approximate surface area is 171 Å². The van der Waals surface area contributed by atoms with Gasteiger partial charge in [0, 0.05) is 25.8 Å². The van der Waals surface area contributed by atoms with Crippen LogP contribution in [-0.2, 0) is 0 Å². The summed E-state index contributed by atoms with van der Waals surface area (Å²) >= 11 is 0. The van der Waals surface area contributed by atoms with Crippen LogP contribution in [0.1, 0.15) is 57.9 Å². The van der Waals surface area contributed by atoms with E-state index in [1.165, 1.54) is 49.8 Å². The molecule has 0 spiro atoms. The molecule has 0 saturated heterocycles. The number of ether oxygens (including phenoxy) is 2. The fraction of sp³-hybridized carbons (Fsp3) is 0.520. The quantitative estimate of drug-likeness (QED) is 0.578. The Kier molecular flexibility index (Phi) is 9.19. The van der Waals surface area contributed by atoms with E-state index in [9.17, 15) is 0 Å². The van der Waals surface area contributed by atoms with Gasteiger partial charge in [0.15, 0.2) is 0 Å². The summed E-state index contributed by atoms with van der Waals surface area (Å²) in [5.41, 5.74) is 2.42. The molecule has 0 aromatic heterocycles. The van der Waals surface area contributed by atoms with Crippen molar-refractivity contribution in [1.82, 2.24) is 0 Å². The molecule has 2 aromatic rings. The number of hydrogen-bond acceptors (Lipinski definition) is 3. The molecule has 2 saturated carbocycles. The van der Waals surface area contributed by atoms with Gasteiger partial charge >= 0.3 is 0 Å². The van der Waals surface area contributed by atoms with Crippen LogP contribution in [0.5, 0.6) is 11.5 Å². The van der Waals surface area contributed by atoms with E-state index in [4.69, 9.17) is 9.47 Å². The average Bonchev–Trinajstić information content (AvgIpc) is 3.39. The van der Waals surface area contributed by atoms with E-state index in [-0.39, 0.29) is 0 Å². The second-order valence-electron chi connectivity index (χ2n) is 7.50. The summed E-state index contributed by atoms with van der Waals surface area (Å²) in [5, 5.41) is 0. The number of benzene rings is 2. The Morgan fingerprint density at radius 1 is 0.786 bits per heavy atom. The van der Waals surface area contributed by atoms with E-state index in [2.05, 4.69) is 30.0 Å². The lowest BCUT2D eigenvalue weighted by atomic mass is 10.2. The van der Waals surface area contributed by atoms with Crippen LogP contribution in [0.25, 0.3) is 0 Å². The Morgan fingerprint density at radius 3 is 1.96 bits per heavy atom. The summed E-state index contributed by atoms with van der Waals surface area (Å²) < 4.78 is 11.6. The van der Waals surface area contributed by atoms with Crippen LogP contribution in [0.15, 0.2) is 48.5 Å². The molecular formula is C25H37NO2. The third-order valence-electron chi connectivity index (χ3n) is 4.85. The van der Waals surface area contributed by atoms with Crippen LogP contribution in [0.2, 0.25) is 0 Å². The van der Waals surface area contributed by atoms with Gasteiger partial charge in [-0.05, 0) is 69.2 Å². The van der Waals surface area contributed by atoms with Crippen molar-refractivity contribution in [3.05, 3.63) is 54.1 Å². The van der Waals surface area contributed by atoms with Crippen molar-refractivity contribution < 1.29 is 9.47 Å². The third kappa shape index (κ3) is 7.46. The van der Waals surface area contributed by atoms with Crippen LogP contribution in [0, 0.1) is 6.92 Å². The predicted octanol–water partition coefficient (Wildman–Crippen LogP) is 6.64. The molecule has 3 nitrogen and oxygen atoms in total. The van der Waals surface area contributed by atoms with Gasteiger partial charge in [0.2, 0.25) is 0 Å². The molecule has 2 fully saturated rings. The van der Waals surface area contributed by atoms with E-state index in [1.54, 1.807) is 0 Å². The second-order valence-corrected chi connectivity index (χ2v) is 7.50. The molecule has 0 heterocycles. The minimum absolute atomic E-state index is 0.478. The molecule has 0 N–H and O–H groups in total. The molecule has 0 amide bonds. The maximum atomic E-state index is 5.82. The van der Waals surface area contributed by atoms with Crippen LogP contribution in [-0.4, -0.2) is 26.3 Å². The van der Waals surface area contributed by atoms with Gasteiger partial charge in [0.05, 0.1) is 12.2 Å². The Balaban J connectivity index is 0.000000186. The van der Waals surface area contributed by atoms with Gasteiger partial charge in [0.25, 0.3) is 0 Å². The Bertz CT molecular complexity index is 674. The average molecular weight is 384 g/mol. The molecule has 154 valence electrons. The number of para-hydroxylation sites is 1. The lowest BCUT2D eigenvalue weighted by Gasteiger charge is -2.15. The van der Waals surface area contributed by atoms with E-state index in [0.717, 1.165) is 11.5 Å². The number of anilines is 1. The summed E-state index contributed by atoms with van der Waals surface area (Å²) in [6.45, 7) is 6.09. The van der Waals surface area contributed by atoms with Gasteiger partial charge in [-0.3, -0.25) is 0 Å². The van der Waals surface area contributed by atoms with E-state index < -0.39 is 0 Å². The standard InChI is InChI=1S/C12H17NO.C11H14O.C2H6/c1-9-4-5-10(13(2)3)8-12(9)14-11-6-7-11;1-2-6-10(7-3-1)12-11-8-4-5-9-11;1-2/h4-5,8,11H,6-7H2,1-3H3;1-3,6-7,11H,4-5,8-9H2;1-2H3. The molecule has 0 radical (unpaired) electrons. The lowest BCUT2D eigenvalue weighted by Crippen LogP contribution is -2.10. The molecule has 0 bridgehead atoms. The summed E-state index contributed by atoms with van der Waals surface area (Å²) in [4.78, 5) is 2.10. The highest BCUT2D eigenvalue weighted by Crippen LogP contribution is 2.31. The fourth-order valence-electron chi connectivity index (χ4n) is 3.06. The van der Waals surface area contributed by atoms with Crippen molar-refractivity contribution >= 4 is 5.69 Å². The molecular weight excluding hydrogens is 346 g/mol. The predicted molar refractivity (Wildman–Crippen MR) is 120 cm³/mol. The Morgan fingerprint density at radius 2 is 1.39 bits per heavy atom. The van der Waals surface area contributed by atoms with Crippen molar-refractivity contribution in [2.45, 2.75) is 71.5 Å². The van der Waals surface area contributed by atoms with Crippen molar-refractivity contribution in [3.8, 4) is 11.5 Å². The molecule has 2 aliphatic carbocycles. The molecule has 3 heteroatoms. The Hall–Kier alpha value is -2.16. The minimum atomic E-state index is 0.478. The molecule has 28 heavy (non-hydrogen) atoms. The first kappa shape index (κ1) is 22.1. The highest BCUT2D eigenvalue weighted by Gasteiger charge is 2.24. The van der Waals surface area contributed by atoms with Crippen molar-refractivity contribution in [2.24, 2.45) is 0 Å². The zero-order chi connectivity index (χ0) is 20.4. The monoisotopic (exact) mass is 383 g/mol. The van der Waals surface area contributed by atoms with Gasteiger partial charge in [-0.15, -0.1) is 0 Å². The maximum absolute atomic E-state index is 5.82. The van der Waals surface area contributed by atoms with Crippen LogP contribution in [0.3, 0.4) is 0 Å². The molecule has 0 unspecified atom stereocenters. The SMILES string of the molecule is CC.Cc1ccc(N(C)C)cc1OC1CC1.c1ccc(OC2CCCC2)cc1. The minimum Gasteiger partial charge on any atom is -0.490 e. The number of aryl methyl sites for hydroxylation is 1. The van der Waals surface area contributed by atoms with Gasteiger partial charge in [-0.25, -0.2) is 0 Å². The lowest BCUT2D eigenvalue weighted by molar-refractivity contribution is 0.210. The van der Waals surface area contributed by atoms with Gasteiger partial charge < -0.3 is 14.4 Å². The summed E-state index contributed by atoms with van der Waals surface area (Å²) in [6, 6.07) is 16.5. The molecule has 2 aliphatic rings. The molecule has 2 aromatic carbocycles. The van der Waals surface area contributed by atoms with E-state index in [0.29, 0.717) is 12.2 Å². The highest BCUT2D eigenvalue weighted by molar-refractivity contribution is 5.52. The van der Waals surface area contributed by atoms with Crippen molar-refractivity contribution in [3.63, 3.8) is 0 Å². The zero-order valence-corrected chi connectivity index (χ0v) is 18.3. The molecule has 0 aliphatic heterocycles. The first-order chi connectivity index (χ1) is 13.6. The van der Waals surface area contributed by atoms with Crippen LogP contribution in [0.4, 0.5) is 5.69 Å². The smallest absolute Gasteiger partial charge is 0.124 e. The maximum Gasteiger partial charge on any atom is 0.124 e.